The summed E-state index contributed by atoms with van der Waals surface area (Å²) in [6.07, 6.45) is 7.56. The molecule has 0 aromatic heterocycles. The second-order valence-electron chi connectivity index (χ2n) is 3.69. The van der Waals surface area contributed by atoms with E-state index in [1.165, 1.54) is 5.57 Å². The van der Waals surface area contributed by atoms with Gasteiger partial charge in [0.15, 0.2) is 0 Å². The molecular formula is C13H24O2. The lowest BCUT2D eigenvalue weighted by atomic mass is 10.1. The molecule has 0 radical (unpaired) electrons. The average molecular weight is 212 g/mol. The predicted molar refractivity (Wildman–Crippen MR) is 65.9 cm³/mol. The normalized spacial score (nSPS) is 10.1. The quantitative estimate of drug-likeness (QED) is 0.431. The van der Waals surface area contributed by atoms with Crippen LogP contribution in [0.5, 0.6) is 0 Å². The Hall–Kier alpha value is -0.890. The minimum absolute atomic E-state index is 0.319. The largest absolute Gasteiger partial charge is 0.396 e. The zero-order chi connectivity index (χ0) is 12.1. The Labute approximate surface area is 93.7 Å². The topological polar surface area (TPSA) is 37.3 Å². The number of allylic oxidation sites excluding steroid dienone is 4. The van der Waals surface area contributed by atoms with Gasteiger partial charge in [-0.1, -0.05) is 24.1 Å². The number of aliphatic hydroxyl groups excluding tert-OH is 1. The maximum absolute atomic E-state index is 10.0. The lowest BCUT2D eigenvalue weighted by molar-refractivity contribution is -0.104. The monoisotopic (exact) mass is 212 g/mol. The zero-order valence-corrected chi connectivity index (χ0v) is 10.4. The van der Waals surface area contributed by atoms with Crippen LogP contribution < -0.4 is 0 Å². The standard InChI is InChI=1S/C10H16O.C3H8O/c1-9(2)5-4-6-10(3)7-8-11;1-2-3-4/h5,7-8H,4,6H2,1-3H3;4H,2-3H2,1H3. The third kappa shape index (κ3) is 19.5. The molecule has 15 heavy (non-hydrogen) atoms. The summed E-state index contributed by atoms with van der Waals surface area (Å²) in [4.78, 5) is 10.0. The number of aldehydes is 1. The molecule has 88 valence electrons. The Morgan fingerprint density at radius 3 is 2.13 bits per heavy atom. The van der Waals surface area contributed by atoms with Crippen LogP contribution in [0.3, 0.4) is 0 Å². The maximum atomic E-state index is 10.0. The van der Waals surface area contributed by atoms with Crippen molar-refractivity contribution in [2.75, 3.05) is 6.61 Å². The van der Waals surface area contributed by atoms with Gasteiger partial charge in [-0.05, 0) is 46.1 Å². The van der Waals surface area contributed by atoms with Gasteiger partial charge in [0.2, 0.25) is 0 Å². The smallest absolute Gasteiger partial charge is 0.142 e. The van der Waals surface area contributed by atoms with Crippen molar-refractivity contribution in [2.45, 2.75) is 47.0 Å². The minimum Gasteiger partial charge on any atom is -0.396 e. The first kappa shape index (κ1) is 16.5. The van der Waals surface area contributed by atoms with E-state index < -0.39 is 0 Å². The summed E-state index contributed by atoms with van der Waals surface area (Å²) in [5.41, 5.74) is 2.49. The van der Waals surface area contributed by atoms with Crippen LogP contribution in [0.25, 0.3) is 0 Å². The summed E-state index contributed by atoms with van der Waals surface area (Å²) in [5.74, 6) is 0. The minimum atomic E-state index is 0.319. The molecule has 0 atom stereocenters. The summed E-state index contributed by atoms with van der Waals surface area (Å²) >= 11 is 0. The number of carbonyl (C=O) groups excluding carboxylic acids is 1. The summed E-state index contributed by atoms with van der Waals surface area (Å²) in [6.45, 7) is 8.39. The summed E-state index contributed by atoms with van der Waals surface area (Å²) < 4.78 is 0. The highest BCUT2D eigenvalue weighted by Gasteiger charge is 1.86. The summed E-state index contributed by atoms with van der Waals surface area (Å²) in [6, 6.07) is 0. The highest BCUT2D eigenvalue weighted by atomic mass is 16.2. The van der Waals surface area contributed by atoms with Crippen LogP contribution in [-0.4, -0.2) is 18.0 Å². The third-order valence-electron chi connectivity index (χ3n) is 1.67. The Morgan fingerprint density at radius 2 is 1.80 bits per heavy atom. The van der Waals surface area contributed by atoms with Crippen molar-refractivity contribution in [3.8, 4) is 0 Å². The van der Waals surface area contributed by atoms with Crippen molar-refractivity contribution < 1.29 is 9.90 Å². The van der Waals surface area contributed by atoms with E-state index in [9.17, 15) is 4.79 Å². The summed E-state index contributed by atoms with van der Waals surface area (Å²) in [7, 11) is 0. The molecule has 0 heterocycles. The fraction of sp³-hybridized carbons (Fsp3) is 0.615. The second-order valence-corrected chi connectivity index (χ2v) is 3.69. The Morgan fingerprint density at radius 1 is 1.27 bits per heavy atom. The molecule has 0 rings (SSSR count). The molecule has 0 fully saturated rings. The first-order valence-corrected chi connectivity index (χ1v) is 5.43. The van der Waals surface area contributed by atoms with Gasteiger partial charge in [0.05, 0.1) is 0 Å². The summed E-state index contributed by atoms with van der Waals surface area (Å²) in [5, 5.41) is 7.88. The number of aliphatic hydroxyl groups is 1. The van der Waals surface area contributed by atoms with Crippen molar-refractivity contribution in [3.05, 3.63) is 23.3 Å². The average Bonchev–Trinajstić information content (AvgIpc) is 2.18. The first-order valence-electron chi connectivity index (χ1n) is 5.43. The molecular weight excluding hydrogens is 188 g/mol. The molecule has 0 saturated heterocycles. The van der Waals surface area contributed by atoms with E-state index in [1.54, 1.807) is 6.08 Å². The van der Waals surface area contributed by atoms with Gasteiger partial charge in [0, 0.05) is 6.61 Å². The van der Waals surface area contributed by atoms with Crippen LogP contribution in [-0.2, 0) is 4.79 Å². The molecule has 0 aliphatic carbocycles. The Bertz CT molecular complexity index is 197. The zero-order valence-electron chi connectivity index (χ0n) is 10.4. The first-order chi connectivity index (χ1) is 7.08. The SMILES string of the molecule is CC(C)=CCCC(C)=CC=O.CCCO. The molecule has 0 bridgehead atoms. The predicted octanol–water partition coefficient (Wildman–Crippen LogP) is 3.27. The number of rotatable bonds is 5. The fourth-order valence-corrected chi connectivity index (χ4v) is 0.788. The van der Waals surface area contributed by atoms with Gasteiger partial charge in [0.25, 0.3) is 0 Å². The second kappa shape index (κ2) is 13.1. The highest BCUT2D eigenvalue weighted by molar-refractivity contribution is 5.65. The van der Waals surface area contributed by atoms with E-state index in [2.05, 4.69) is 19.9 Å². The van der Waals surface area contributed by atoms with Gasteiger partial charge in [-0.25, -0.2) is 0 Å². The van der Waals surface area contributed by atoms with Crippen LogP contribution >= 0.6 is 0 Å². The van der Waals surface area contributed by atoms with Crippen molar-refractivity contribution in [1.29, 1.82) is 0 Å². The van der Waals surface area contributed by atoms with E-state index in [4.69, 9.17) is 5.11 Å². The van der Waals surface area contributed by atoms with E-state index >= 15 is 0 Å². The Balaban J connectivity index is 0. The maximum Gasteiger partial charge on any atom is 0.142 e. The molecule has 2 heteroatoms. The fourth-order valence-electron chi connectivity index (χ4n) is 0.788. The van der Waals surface area contributed by atoms with E-state index in [-0.39, 0.29) is 0 Å². The molecule has 2 nitrogen and oxygen atoms in total. The molecule has 1 N–H and O–H groups in total. The van der Waals surface area contributed by atoms with Crippen molar-refractivity contribution in [2.24, 2.45) is 0 Å². The van der Waals surface area contributed by atoms with E-state index in [0.29, 0.717) is 6.61 Å². The van der Waals surface area contributed by atoms with E-state index in [1.807, 2.05) is 13.8 Å². The van der Waals surface area contributed by atoms with Crippen LogP contribution in [0.1, 0.15) is 47.0 Å². The van der Waals surface area contributed by atoms with Gasteiger partial charge in [-0.2, -0.15) is 0 Å². The molecule has 0 unspecified atom stereocenters. The van der Waals surface area contributed by atoms with Crippen LogP contribution in [0, 0.1) is 0 Å². The van der Waals surface area contributed by atoms with Crippen molar-refractivity contribution >= 4 is 6.29 Å². The van der Waals surface area contributed by atoms with Crippen LogP contribution in [0.2, 0.25) is 0 Å². The van der Waals surface area contributed by atoms with E-state index in [0.717, 1.165) is 31.1 Å². The number of carbonyl (C=O) groups is 1. The van der Waals surface area contributed by atoms with Gasteiger partial charge in [-0.15, -0.1) is 0 Å². The molecule has 0 spiro atoms. The van der Waals surface area contributed by atoms with Crippen molar-refractivity contribution in [1.82, 2.24) is 0 Å². The van der Waals surface area contributed by atoms with Gasteiger partial charge in [-0.3, -0.25) is 4.79 Å². The van der Waals surface area contributed by atoms with Gasteiger partial charge < -0.3 is 5.11 Å². The third-order valence-corrected chi connectivity index (χ3v) is 1.67. The van der Waals surface area contributed by atoms with Gasteiger partial charge in [0.1, 0.15) is 6.29 Å². The molecule has 0 amide bonds. The molecule has 0 aromatic carbocycles. The molecule has 0 aliphatic heterocycles. The van der Waals surface area contributed by atoms with Crippen molar-refractivity contribution in [3.63, 3.8) is 0 Å². The molecule has 0 aliphatic rings. The lowest BCUT2D eigenvalue weighted by Gasteiger charge is -1.94. The number of hydrogen-bond donors (Lipinski definition) is 1. The highest BCUT2D eigenvalue weighted by Crippen LogP contribution is 2.05. The van der Waals surface area contributed by atoms with Gasteiger partial charge >= 0.3 is 0 Å². The van der Waals surface area contributed by atoms with Crippen LogP contribution in [0.4, 0.5) is 0 Å². The van der Waals surface area contributed by atoms with Crippen LogP contribution in [0.15, 0.2) is 23.3 Å². The number of hydrogen-bond acceptors (Lipinski definition) is 2. The molecule has 0 saturated carbocycles. The molecule has 0 aromatic rings. The Kier molecular flexibility index (Phi) is 14.5. The lowest BCUT2D eigenvalue weighted by Crippen LogP contribution is -1.77.